The molecule has 15 heavy (non-hydrogen) atoms. The molecule has 0 spiro atoms. The predicted molar refractivity (Wildman–Crippen MR) is 60.4 cm³/mol. The lowest BCUT2D eigenvalue weighted by atomic mass is 10.3. The molecule has 0 radical (unpaired) electrons. The minimum absolute atomic E-state index is 0.261. The van der Waals surface area contributed by atoms with Gasteiger partial charge in [-0.1, -0.05) is 6.07 Å². The molecule has 1 heterocycles. The fourth-order valence-electron chi connectivity index (χ4n) is 1.23. The molecule has 0 saturated carbocycles. The topological polar surface area (TPSA) is 45.1 Å². The standard InChI is InChI=1S/C12H12N2O/c1-9-2-7-12(13-8-9)14-10-3-5-11(15)6-4-10/h2-8,15H,1H3,(H,13,14). The molecule has 0 bridgehead atoms. The van der Waals surface area contributed by atoms with E-state index in [4.69, 9.17) is 5.11 Å². The molecule has 0 aliphatic carbocycles. The minimum atomic E-state index is 0.261. The van der Waals surface area contributed by atoms with Gasteiger partial charge in [-0.2, -0.15) is 0 Å². The first-order valence-electron chi connectivity index (χ1n) is 4.73. The number of nitrogens with one attached hydrogen (secondary N) is 1. The van der Waals surface area contributed by atoms with E-state index < -0.39 is 0 Å². The van der Waals surface area contributed by atoms with E-state index in [1.54, 1.807) is 24.3 Å². The van der Waals surface area contributed by atoms with Crippen LogP contribution in [0.1, 0.15) is 5.56 Å². The van der Waals surface area contributed by atoms with Crippen LogP contribution < -0.4 is 5.32 Å². The summed E-state index contributed by atoms with van der Waals surface area (Å²) in [6.45, 7) is 2.00. The van der Waals surface area contributed by atoms with Crippen LogP contribution in [0.3, 0.4) is 0 Å². The number of pyridine rings is 1. The van der Waals surface area contributed by atoms with Crippen LogP contribution in [-0.2, 0) is 0 Å². The maximum atomic E-state index is 9.12. The highest BCUT2D eigenvalue weighted by atomic mass is 16.3. The predicted octanol–water partition coefficient (Wildman–Crippen LogP) is 2.84. The summed E-state index contributed by atoms with van der Waals surface area (Å²) in [4.78, 5) is 4.22. The highest BCUT2D eigenvalue weighted by Gasteiger charge is 1.95. The quantitative estimate of drug-likeness (QED) is 0.733. The largest absolute Gasteiger partial charge is 0.508 e. The van der Waals surface area contributed by atoms with Crippen molar-refractivity contribution in [3.05, 3.63) is 48.2 Å². The molecule has 0 fully saturated rings. The molecule has 1 aromatic heterocycles. The van der Waals surface area contributed by atoms with Crippen molar-refractivity contribution < 1.29 is 5.11 Å². The van der Waals surface area contributed by atoms with Gasteiger partial charge < -0.3 is 10.4 Å². The van der Waals surface area contributed by atoms with Crippen molar-refractivity contribution in [3.8, 4) is 5.75 Å². The maximum absolute atomic E-state index is 9.12. The average Bonchev–Trinajstić information content (AvgIpc) is 2.25. The third-order valence-electron chi connectivity index (χ3n) is 2.05. The van der Waals surface area contributed by atoms with Gasteiger partial charge in [-0.15, -0.1) is 0 Å². The number of aromatic hydroxyl groups is 1. The summed E-state index contributed by atoms with van der Waals surface area (Å²) in [5.41, 5.74) is 2.04. The number of benzene rings is 1. The summed E-state index contributed by atoms with van der Waals surface area (Å²) in [6, 6.07) is 10.8. The molecule has 3 nitrogen and oxygen atoms in total. The summed E-state index contributed by atoms with van der Waals surface area (Å²) in [7, 11) is 0. The van der Waals surface area contributed by atoms with Gasteiger partial charge in [0.15, 0.2) is 0 Å². The van der Waals surface area contributed by atoms with Gasteiger partial charge in [-0.3, -0.25) is 0 Å². The van der Waals surface area contributed by atoms with Crippen molar-refractivity contribution in [1.29, 1.82) is 0 Å². The van der Waals surface area contributed by atoms with E-state index in [9.17, 15) is 0 Å². The molecule has 1 aromatic carbocycles. The van der Waals surface area contributed by atoms with Crippen LogP contribution in [0.15, 0.2) is 42.6 Å². The molecule has 0 aliphatic rings. The van der Waals surface area contributed by atoms with Gasteiger partial charge in [0.1, 0.15) is 11.6 Å². The molecular formula is C12H12N2O. The van der Waals surface area contributed by atoms with E-state index in [1.807, 2.05) is 25.3 Å². The number of phenolic OH excluding ortho intramolecular Hbond substituents is 1. The van der Waals surface area contributed by atoms with Crippen LogP contribution in [0.25, 0.3) is 0 Å². The van der Waals surface area contributed by atoms with Gasteiger partial charge in [0.25, 0.3) is 0 Å². The molecule has 0 aliphatic heterocycles. The van der Waals surface area contributed by atoms with Crippen LogP contribution in [0, 0.1) is 6.92 Å². The minimum Gasteiger partial charge on any atom is -0.508 e. The Labute approximate surface area is 88.4 Å². The molecule has 3 heteroatoms. The zero-order valence-electron chi connectivity index (χ0n) is 8.44. The van der Waals surface area contributed by atoms with Crippen molar-refractivity contribution in [3.63, 3.8) is 0 Å². The summed E-state index contributed by atoms with van der Waals surface area (Å²) < 4.78 is 0. The van der Waals surface area contributed by atoms with Gasteiger partial charge >= 0.3 is 0 Å². The van der Waals surface area contributed by atoms with Crippen molar-refractivity contribution in [2.45, 2.75) is 6.92 Å². The van der Waals surface area contributed by atoms with Crippen LogP contribution in [0.2, 0.25) is 0 Å². The number of hydrogen-bond donors (Lipinski definition) is 2. The van der Waals surface area contributed by atoms with Crippen LogP contribution in [-0.4, -0.2) is 10.1 Å². The van der Waals surface area contributed by atoms with Crippen LogP contribution in [0.4, 0.5) is 11.5 Å². The van der Waals surface area contributed by atoms with Crippen molar-refractivity contribution >= 4 is 11.5 Å². The van der Waals surface area contributed by atoms with Gasteiger partial charge in [-0.05, 0) is 42.8 Å². The molecular weight excluding hydrogens is 188 g/mol. The zero-order valence-corrected chi connectivity index (χ0v) is 8.44. The molecule has 0 saturated heterocycles. The van der Waals surface area contributed by atoms with E-state index in [1.165, 1.54) is 0 Å². The van der Waals surface area contributed by atoms with E-state index in [0.717, 1.165) is 17.1 Å². The number of hydrogen-bond acceptors (Lipinski definition) is 3. The summed E-state index contributed by atoms with van der Waals surface area (Å²) in [6.07, 6.45) is 1.81. The molecule has 2 rings (SSSR count). The Hall–Kier alpha value is -2.03. The van der Waals surface area contributed by atoms with Crippen molar-refractivity contribution in [2.24, 2.45) is 0 Å². The van der Waals surface area contributed by atoms with Gasteiger partial charge in [0, 0.05) is 11.9 Å². The molecule has 76 valence electrons. The van der Waals surface area contributed by atoms with Crippen molar-refractivity contribution in [1.82, 2.24) is 4.98 Å². The summed E-state index contributed by atoms with van der Waals surface area (Å²) >= 11 is 0. The number of phenols is 1. The highest BCUT2D eigenvalue weighted by Crippen LogP contribution is 2.17. The van der Waals surface area contributed by atoms with Gasteiger partial charge in [0.2, 0.25) is 0 Å². The second-order valence-corrected chi connectivity index (χ2v) is 3.39. The number of aromatic nitrogens is 1. The lowest BCUT2D eigenvalue weighted by Gasteiger charge is -2.05. The summed E-state index contributed by atoms with van der Waals surface area (Å²) in [5, 5.41) is 12.3. The SMILES string of the molecule is Cc1ccc(Nc2ccc(O)cc2)nc1. The number of rotatable bonds is 2. The number of anilines is 2. The smallest absolute Gasteiger partial charge is 0.130 e. The summed E-state index contributed by atoms with van der Waals surface area (Å²) in [5.74, 6) is 1.06. The first-order chi connectivity index (χ1) is 7.24. The molecule has 0 amide bonds. The van der Waals surface area contributed by atoms with Crippen molar-refractivity contribution in [2.75, 3.05) is 5.32 Å². The lowest BCUT2D eigenvalue weighted by Crippen LogP contribution is -1.92. The Morgan fingerprint density at radius 1 is 1.07 bits per heavy atom. The fraction of sp³-hybridized carbons (Fsp3) is 0.0833. The fourth-order valence-corrected chi connectivity index (χ4v) is 1.23. The van der Waals surface area contributed by atoms with E-state index in [2.05, 4.69) is 10.3 Å². The first-order valence-corrected chi connectivity index (χ1v) is 4.73. The second kappa shape index (κ2) is 4.00. The molecule has 2 aromatic rings. The Kier molecular flexibility index (Phi) is 2.54. The molecule has 2 N–H and O–H groups in total. The lowest BCUT2D eigenvalue weighted by molar-refractivity contribution is 0.475. The highest BCUT2D eigenvalue weighted by molar-refractivity contribution is 5.56. The van der Waals surface area contributed by atoms with E-state index >= 15 is 0 Å². The Morgan fingerprint density at radius 2 is 1.80 bits per heavy atom. The third kappa shape index (κ3) is 2.47. The normalized spacial score (nSPS) is 9.93. The second-order valence-electron chi connectivity index (χ2n) is 3.39. The Balaban J connectivity index is 2.15. The average molecular weight is 200 g/mol. The molecule has 0 unspecified atom stereocenters. The van der Waals surface area contributed by atoms with E-state index in [0.29, 0.717) is 0 Å². The Bertz CT molecular complexity index is 391. The van der Waals surface area contributed by atoms with Crippen LogP contribution in [0.5, 0.6) is 5.75 Å². The molecule has 0 atom stereocenters. The third-order valence-corrected chi connectivity index (χ3v) is 2.05. The Morgan fingerprint density at radius 3 is 2.40 bits per heavy atom. The van der Waals surface area contributed by atoms with Gasteiger partial charge in [0.05, 0.1) is 0 Å². The number of nitrogens with zero attached hydrogens (tertiary/aromatic N) is 1. The zero-order chi connectivity index (χ0) is 10.7. The van der Waals surface area contributed by atoms with E-state index in [-0.39, 0.29) is 5.75 Å². The monoisotopic (exact) mass is 200 g/mol. The number of aryl methyl sites for hydroxylation is 1. The van der Waals surface area contributed by atoms with Gasteiger partial charge in [-0.25, -0.2) is 4.98 Å². The van der Waals surface area contributed by atoms with Crippen LogP contribution >= 0.6 is 0 Å². The first kappa shape index (κ1) is 9.52. The maximum Gasteiger partial charge on any atom is 0.130 e.